The largest absolute Gasteiger partial charge is 0.122 e. The van der Waals surface area contributed by atoms with Crippen LogP contribution in [0.1, 0.15) is 13.3 Å². The van der Waals surface area contributed by atoms with E-state index in [1.54, 1.807) is 12.2 Å². The number of rotatable bonds is 3. The normalized spacial score (nSPS) is 8.20. The third kappa shape index (κ3) is 25.8. The van der Waals surface area contributed by atoms with Crippen molar-refractivity contribution in [1.29, 1.82) is 0 Å². The van der Waals surface area contributed by atoms with Crippen LogP contribution in [0.25, 0.3) is 0 Å². The van der Waals surface area contributed by atoms with E-state index >= 15 is 0 Å². The zero-order valence-corrected chi connectivity index (χ0v) is 7.27. The fourth-order valence-electron chi connectivity index (χ4n) is 0.232. The molecule has 0 unspecified atom stereocenters. The second-order valence-corrected chi connectivity index (χ2v) is 1.82. The third-order valence-electron chi connectivity index (χ3n) is 0.617. The van der Waals surface area contributed by atoms with Gasteiger partial charge in [-0.3, -0.25) is 0 Å². The predicted molar refractivity (Wildman–Crippen MR) is 50.5 cm³/mol. The highest BCUT2D eigenvalue weighted by molar-refractivity contribution is 6.18. The highest BCUT2D eigenvalue weighted by Gasteiger charge is 1.55. The van der Waals surface area contributed by atoms with Gasteiger partial charge in [-0.05, 0) is 6.42 Å². The van der Waals surface area contributed by atoms with Gasteiger partial charge in [0.1, 0.15) is 0 Å². The lowest BCUT2D eigenvalue weighted by molar-refractivity contribution is 1.22. The molecule has 0 amide bonds. The Morgan fingerprint density at radius 3 is 2.00 bits per heavy atom. The Labute approximate surface area is 68.9 Å². The van der Waals surface area contributed by atoms with Crippen LogP contribution >= 0.6 is 11.6 Å². The van der Waals surface area contributed by atoms with E-state index in [-0.39, 0.29) is 0 Å². The third-order valence-corrected chi connectivity index (χ3v) is 0.835. The van der Waals surface area contributed by atoms with Gasteiger partial charge in [0.05, 0.1) is 0 Å². The van der Waals surface area contributed by atoms with Crippen LogP contribution in [0.5, 0.6) is 0 Å². The first-order chi connectivity index (χ1) is 4.83. The molecule has 1 heteroatoms. The molecule has 0 nitrogen and oxygen atoms in total. The zero-order valence-electron chi connectivity index (χ0n) is 6.52. The van der Waals surface area contributed by atoms with Crippen LogP contribution in [0.4, 0.5) is 0 Å². The fourth-order valence-corrected chi connectivity index (χ4v) is 0.232. The minimum Gasteiger partial charge on any atom is -0.122 e. The van der Waals surface area contributed by atoms with Crippen molar-refractivity contribution in [1.82, 2.24) is 0 Å². The molecular formula is C9H15Cl. The first-order valence-corrected chi connectivity index (χ1v) is 3.81. The van der Waals surface area contributed by atoms with Gasteiger partial charge in [0.2, 0.25) is 0 Å². The molecule has 0 bridgehead atoms. The summed E-state index contributed by atoms with van der Waals surface area (Å²) in [6, 6.07) is 0. The summed E-state index contributed by atoms with van der Waals surface area (Å²) < 4.78 is 0. The molecule has 0 aliphatic rings. The first-order valence-electron chi connectivity index (χ1n) is 3.27. The summed E-state index contributed by atoms with van der Waals surface area (Å²) in [5.41, 5.74) is 0. The average molecular weight is 159 g/mol. The van der Waals surface area contributed by atoms with Gasteiger partial charge in [-0.2, -0.15) is 0 Å². The monoisotopic (exact) mass is 158 g/mol. The van der Waals surface area contributed by atoms with Gasteiger partial charge in [-0.25, -0.2) is 0 Å². The molecule has 0 aromatic carbocycles. The van der Waals surface area contributed by atoms with Crippen molar-refractivity contribution in [3.05, 3.63) is 37.5 Å². The van der Waals surface area contributed by atoms with Crippen molar-refractivity contribution in [3.8, 4) is 0 Å². The molecule has 0 rings (SSSR count). The van der Waals surface area contributed by atoms with Gasteiger partial charge in [0.25, 0.3) is 0 Å². The Morgan fingerprint density at radius 2 is 1.90 bits per heavy atom. The van der Waals surface area contributed by atoms with Gasteiger partial charge in [0, 0.05) is 5.88 Å². The van der Waals surface area contributed by atoms with E-state index in [9.17, 15) is 0 Å². The lowest BCUT2D eigenvalue weighted by Gasteiger charge is -1.67. The lowest BCUT2D eigenvalue weighted by atomic mass is 10.4. The number of hydrogen-bond acceptors (Lipinski definition) is 0. The minimum absolute atomic E-state index is 0.556. The molecule has 10 heavy (non-hydrogen) atoms. The standard InChI is InChI=1S/C6H10.C3H5Cl/c1-3-5-6-4-2;1-2-3-4/h3,5-6H,1,4H2,2H3;2H,1,3H2/b6-5+;. The van der Waals surface area contributed by atoms with Crippen LogP contribution in [-0.2, 0) is 0 Å². The predicted octanol–water partition coefficient (Wildman–Crippen LogP) is 3.55. The van der Waals surface area contributed by atoms with E-state index in [0.29, 0.717) is 5.88 Å². The smallest absolute Gasteiger partial charge is 0.0401 e. The molecule has 0 fully saturated rings. The van der Waals surface area contributed by atoms with Gasteiger partial charge in [-0.1, -0.05) is 37.8 Å². The van der Waals surface area contributed by atoms with Crippen molar-refractivity contribution >= 4 is 11.6 Å². The Hall–Kier alpha value is -0.490. The molecule has 0 atom stereocenters. The second kappa shape index (κ2) is 15.8. The molecule has 0 saturated heterocycles. The van der Waals surface area contributed by atoms with E-state index in [1.165, 1.54) is 0 Å². The molecule has 0 spiro atoms. The first kappa shape index (κ1) is 12.2. The van der Waals surface area contributed by atoms with Crippen molar-refractivity contribution in [2.75, 3.05) is 5.88 Å². The van der Waals surface area contributed by atoms with Crippen molar-refractivity contribution < 1.29 is 0 Å². The Morgan fingerprint density at radius 1 is 1.40 bits per heavy atom. The van der Waals surface area contributed by atoms with Crippen LogP contribution in [0.2, 0.25) is 0 Å². The topological polar surface area (TPSA) is 0 Å². The van der Waals surface area contributed by atoms with Crippen LogP contribution in [0.15, 0.2) is 37.5 Å². The van der Waals surface area contributed by atoms with E-state index in [1.807, 2.05) is 6.08 Å². The zero-order chi connectivity index (χ0) is 8.24. The van der Waals surface area contributed by atoms with Crippen LogP contribution in [0, 0.1) is 0 Å². The number of hydrogen-bond donors (Lipinski definition) is 0. The van der Waals surface area contributed by atoms with Crippen molar-refractivity contribution in [3.63, 3.8) is 0 Å². The van der Waals surface area contributed by atoms with Crippen molar-refractivity contribution in [2.24, 2.45) is 0 Å². The van der Waals surface area contributed by atoms with E-state index in [0.717, 1.165) is 6.42 Å². The Balaban J connectivity index is 0. The fraction of sp³-hybridized carbons (Fsp3) is 0.333. The molecule has 0 aliphatic heterocycles. The summed E-state index contributed by atoms with van der Waals surface area (Å²) in [6.45, 7) is 8.96. The van der Waals surface area contributed by atoms with E-state index in [4.69, 9.17) is 11.6 Å². The number of allylic oxidation sites excluding steroid dienone is 4. The van der Waals surface area contributed by atoms with Gasteiger partial charge in [0.15, 0.2) is 0 Å². The Kier molecular flexibility index (Phi) is 19.3. The van der Waals surface area contributed by atoms with Crippen molar-refractivity contribution in [2.45, 2.75) is 13.3 Å². The maximum atomic E-state index is 5.07. The second-order valence-electron chi connectivity index (χ2n) is 1.52. The van der Waals surface area contributed by atoms with Gasteiger partial charge >= 0.3 is 0 Å². The highest BCUT2D eigenvalue weighted by atomic mass is 35.5. The van der Waals surface area contributed by atoms with Crippen LogP contribution < -0.4 is 0 Å². The summed E-state index contributed by atoms with van der Waals surface area (Å²) in [7, 11) is 0. The van der Waals surface area contributed by atoms with Crippen LogP contribution in [0.3, 0.4) is 0 Å². The highest BCUT2D eigenvalue weighted by Crippen LogP contribution is 1.76. The Bertz CT molecular complexity index is 92.9. The summed E-state index contributed by atoms with van der Waals surface area (Å²) in [6.07, 6.45) is 8.53. The molecule has 0 aromatic heterocycles. The molecule has 58 valence electrons. The quantitative estimate of drug-likeness (QED) is 0.335. The van der Waals surface area contributed by atoms with E-state index in [2.05, 4.69) is 26.2 Å². The van der Waals surface area contributed by atoms with E-state index < -0.39 is 0 Å². The molecule has 0 saturated carbocycles. The minimum atomic E-state index is 0.556. The van der Waals surface area contributed by atoms with Crippen LogP contribution in [-0.4, -0.2) is 5.88 Å². The summed E-state index contributed by atoms with van der Waals surface area (Å²) in [5.74, 6) is 0.556. The summed E-state index contributed by atoms with van der Waals surface area (Å²) in [4.78, 5) is 0. The van der Waals surface area contributed by atoms with Gasteiger partial charge in [-0.15, -0.1) is 18.2 Å². The SMILES string of the molecule is C=C/C=C/CC.C=CCCl. The maximum Gasteiger partial charge on any atom is 0.0401 e. The summed E-state index contributed by atoms with van der Waals surface area (Å²) in [5, 5.41) is 0. The lowest BCUT2D eigenvalue weighted by Crippen LogP contribution is -1.46. The maximum absolute atomic E-state index is 5.07. The molecule has 0 radical (unpaired) electrons. The molecular weight excluding hydrogens is 144 g/mol. The average Bonchev–Trinajstić information content (AvgIpc) is 2.01. The number of alkyl halides is 1. The summed E-state index contributed by atoms with van der Waals surface area (Å²) >= 11 is 5.07. The van der Waals surface area contributed by atoms with Gasteiger partial charge < -0.3 is 0 Å². The molecule has 0 aliphatic carbocycles. The number of halogens is 1. The molecule has 0 N–H and O–H groups in total. The molecule has 0 aromatic rings. The molecule has 0 heterocycles.